The Morgan fingerprint density at radius 2 is 1.91 bits per heavy atom. The van der Waals surface area contributed by atoms with Crippen LogP contribution in [-0.2, 0) is 9.63 Å². The first kappa shape index (κ1) is 21.9. The lowest BCUT2D eigenvalue weighted by Gasteiger charge is -2.34. The fraction of sp³-hybridized carbons (Fsp3) is 0.391. The van der Waals surface area contributed by atoms with E-state index in [9.17, 15) is 9.18 Å². The van der Waals surface area contributed by atoms with Crippen molar-refractivity contribution in [2.75, 3.05) is 24.6 Å². The molecule has 4 heterocycles. The van der Waals surface area contributed by atoms with E-state index >= 15 is 0 Å². The molecular formula is C23H23FN8O2. The third-order valence-electron chi connectivity index (χ3n) is 6.20. The zero-order valence-corrected chi connectivity index (χ0v) is 18.6. The number of carbonyl (C=O) groups is 1. The van der Waals surface area contributed by atoms with Crippen molar-refractivity contribution in [2.24, 2.45) is 5.92 Å². The molecule has 34 heavy (non-hydrogen) atoms. The lowest BCUT2D eigenvalue weighted by atomic mass is 9.94. The number of carbonyl (C=O) groups excluding carboxylic acids is 1. The van der Waals surface area contributed by atoms with Crippen molar-refractivity contribution in [3.63, 3.8) is 0 Å². The number of halogens is 1. The number of anilines is 1. The summed E-state index contributed by atoms with van der Waals surface area (Å²) in [6, 6.07) is 7.59. The molecule has 0 saturated carbocycles. The Hall–Kier alpha value is -3.91. The summed E-state index contributed by atoms with van der Waals surface area (Å²) < 4.78 is 15.6. The van der Waals surface area contributed by atoms with Gasteiger partial charge in [0.15, 0.2) is 5.82 Å². The van der Waals surface area contributed by atoms with Crippen LogP contribution in [0.25, 0.3) is 5.82 Å². The van der Waals surface area contributed by atoms with Crippen molar-refractivity contribution in [3.05, 3.63) is 59.7 Å². The SMILES string of the molecule is Cc1ncn(-c2cc(N3CCC(C(=O)N4OCC[C@H]4c4cc(F)cc(C#N)c4)CC3)ncn2)n1. The van der Waals surface area contributed by atoms with E-state index in [0.29, 0.717) is 56.2 Å². The molecule has 0 unspecified atom stereocenters. The van der Waals surface area contributed by atoms with Crippen LogP contribution in [0.4, 0.5) is 10.2 Å². The topological polar surface area (TPSA) is 113 Å². The van der Waals surface area contributed by atoms with Crippen molar-refractivity contribution >= 4 is 11.7 Å². The van der Waals surface area contributed by atoms with Gasteiger partial charge >= 0.3 is 0 Å². The average molecular weight is 462 g/mol. The molecule has 0 spiro atoms. The van der Waals surface area contributed by atoms with E-state index in [2.05, 4.69) is 25.0 Å². The molecule has 0 bridgehead atoms. The van der Waals surface area contributed by atoms with Crippen molar-refractivity contribution in [1.29, 1.82) is 5.26 Å². The molecule has 3 aromatic rings. The first-order valence-electron chi connectivity index (χ1n) is 11.1. The third-order valence-corrected chi connectivity index (χ3v) is 6.20. The summed E-state index contributed by atoms with van der Waals surface area (Å²) in [5.74, 6) is 1.24. The van der Waals surface area contributed by atoms with E-state index in [0.717, 1.165) is 5.82 Å². The number of aryl methyl sites for hydroxylation is 1. The Kier molecular flexibility index (Phi) is 5.90. The van der Waals surface area contributed by atoms with E-state index in [1.54, 1.807) is 17.1 Å². The molecule has 5 rings (SSSR count). The number of hydroxylamine groups is 2. The minimum atomic E-state index is -0.494. The van der Waals surface area contributed by atoms with Crippen LogP contribution in [-0.4, -0.2) is 55.4 Å². The van der Waals surface area contributed by atoms with Crippen LogP contribution in [0, 0.1) is 30.0 Å². The van der Waals surface area contributed by atoms with Gasteiger partial charge in [-0.3, -0.25) is 9.63 Å². The first-order valence-corrected chi connectivity index (χ1v) is 11.1. The molecule has 2 saturated heterocycles. The second-order valence-corrected chi connectivity index (χ2v) is 8.42. The molecule has 174 valence electrons. The fourth-order valence-electron chi connectivity index (χ4n) is 4.49. The highest BCUT2D eigenvalue weighted by molar-refractivity contribution is 5.79. The van der Waals surface area contributed by atoms with Crippen LogP contribution in [0.3, 0.4) is 0 Å². The van der Waals surface area contributed by atoms with Gasteiger partial charge in [0.1, 0.15) is 30.1 Å². The van der Waals surface area contributed by atoms with Gasteiger partial charge in [0.05, 0.1) is 24.3 Å². The number of hydrogen-bond donors (Lipinski definition) is 0. The largest absolute Gasteiger partial charge is 0.356 e. The van der Waals surface area contributed by atoms with Crippen LogP contribution in [0.5, 0.6) is 0 Å². The number of rotatable bonds is 4. The summed E-state index contributed by atoms with van der Waals surface area (Å²) in [5, 5.41) is 14.8. The minimum absolute atomic E-state index is 0.105. The molecule has 10 nitrogen and oxygen atoms in total. The number of piperidine rings is 1. The molecular weight excluding hydrogens is 439 g/mol. The fourth-order valence-corrected chi connectivity index (χ4v) is 4.49. The molecule has 1 amide bonds. The smallest absolute Gasteiger partial charge is 0.249 e. The highest BCUT2D eigenvalue weighted by atomic mass is 19.1. The molecule has 2 aromatic heterocycles. The van der Waals surface area contributed by atoms with Crippen molar-refractivity contribution in [2.45, 2.75) is 32.2 Å². The zero-order valence-electron chi connectivity index (χ0n) is 18.6. The average Bonchev–Trinajstić information content (AvgIpc) is 3.53. The summed E-state index contributed by atoms with van der Waals surface area (Å²) >= 11 is 0. The predicted octanol–water partition coefficient (Wildman–Crippen LogP) is 2.50. The standard InChI is InChI=1S/C23H23FN8O2/c1-15-28-14-31(29-15)22-11-21(26-13-27-22)30-5-2-17(3-6-30)23(33)32-20(4-7-34-32)18-8-16(12-25)9-19(24)10-18/h8-11,13-14,17,20H,2-7H2,1H3/t20-/m0/s1. The lowest BCUT2D eigenvalue weighted by molar-refractivity contribution is -0.182. The number of amides is 1. The number of nitrogens with zero attached hydrogens (tertiary/aromatic N) is 8. The molecule has 1 aromatic carbocycles. The van der Waals surface area contributed by atoms with Crippen LogP contribution >= 0.6 is 0 Å². The Balaban J connectivity index is 1.26. The molecule has 0 aliphatic carbocycles. The van der Waals surface area contributed by atoms with Gasteiger partial charge in [-0.25, -0.2) is 29.1 Å². The maximum absolute atomic E-state index is 14.0. The highest BCUT2D eigenvalue weighted by Gasteiger charge is 2.37. The Bertz CT molecular complexity index is 1250. The summed E-state index contributed by atoms with van der Waals surface area (Å²) in [6.45, 7) is 3.49. The molecule has 1 atom stereocenters. The van der Waals surface area contributed by atoms with Gasteiger partial charge in [-0.1, -0.05) is 0 Å². The summed E-state index contributed by atoms with van der Waals surface area (Å²) in [4.78, 5) is 33.9. The summed E-state index contributed by atoms with van der Waals surface area (Å²) in [7, 11) is 0. The Morgan fingerprint density at radius 3 is 2.65 bits per heavy atom. The second-order valence-electron chi connectivity index (χ2n) is 8.42. The highest BCUT2D eigenvalue weighted by Crippen LogP contribution is 2.34. The Labute approximate surface area is 195 Å². The van der Waals surface area contributed by atoms with Crippen LogP contribution in [0.2, 0.25) is 0 Å². The van der Waals surface area contributed by atoms with Crippen LogP contribution in [0.15, 0.2) is 36.9 Å². The van der Waals surface area contributed by atoms with Gasteiger partial charge < -0.3 is 4.90 Å². The van der Waals surface area contributed by atoms with Gasteiger partial charge in [0, 0.05) is 31.5 Å². The van der Waals surface area contributed by atoms with Gasteiger partial charge in [-0.15, -0.1) is 0 Å². The van der Waals surface area contributed by atoms with E-state index in [1.807, 2.05) is 19.1 Å². The second kappa shape index (κ2) is 9.15. The number of nitriles is 1. The van der Waals surface area contributed by atoms with Crippen molar-refractivity contribution < 1.29 is 14.0 Å². The quantitative estimate of drug-likeness (QED) is 0.581. The number of aromatic nitrogens is 5. The molecule has 0 N–H and O–H groups in total. The zero-order chi connectivity index (χ0) is 23.7. The number of hydrogen-bond acceptors (Lipinski definition) is 8. The minimum Gasteiger partial charge on any atom is -0.356 e. The molecule has 0 radical (unpaired) electrons. The molecule has 2 aliphatic heterocycles. The summed E-state index contributed by atoms with van der Waals surface area (Å²) in [6.07, 6.45) is 4.94. The molecule has 2 aliphatic rings. The van der Waals surface area contributed by atoms with Crippen LogP contribution in [0.1, 0.15) is 42.3 Å². The van der Waals surface area contributed by atoms with E-state index in [-0.39, 0.29) is 17.4 Å². The van der Waals surface area contributed by atoms with Gasteiger partial charge in [0.25, 0.3) is 0 Å². The summed E-state index contributed by atoms with van der Waals surface area (Å²) in [5.41, 5.74) is 0.810. The van der Waals surface area contributed by atoms with E-state index in [1.165, 1.54) is 23.5 Å². The first-order chi connectivity index (χ1) is 16.5. The molecule has 2 fully saturated rings. The van der Waals surface area contributed by atoms with Gasteiger partial charge in [-0.05, 0) is 43.5 Å². The van der Waals surface area contributed by atoms with Gasteiger partial charge in [0.2, 0.25) is 5.91 Å². The predicted molar refractivity (Wildman–Crippen MR) is 118 cm³/mol. The lowest BCUT2D eigenvalue weighted by Crippen LogP contribution is -2.42. The maximum atomic E-state index is 14.0. The van der Waals surface area contributed by atoms with Crippen LogP contribution < -0.4 is 4.90 Å². The third kappa shape index (κ3) is 4.32. The monoisotopic (exact) mass is 462 g/mol. The maximum Gasteiger partial charge on any atom is 0.249 e. The Morgan fingerprint density at radius 1 is 1.12 bits per heavy atom. The number of benzene rings is 1. The normalized spacial score (nSPS) is 18.8. The van der Waals surface area contributed by atoms with Gasteiger partial charge in [-0.2, -0.15) is 10.4 Å². The van der Waals surface area contributed by atoms with E-state index < -0.39 is 11.9 Å². The molecule has 11 heteroatoms. The van der Waals surface area contributed by atoms with Crippen molar-refractivity contribution in [3.8, 4) is 11.9 Å². The van der Waals surface area contributed by atoms with Crippen molar-refractivity contribution in [1.82, 2.24) is 29.8 Å². The van der Waals surface area contributed by atoms with E-state index in [4.69, 9.17) is 10.1 Å².